The molecule has 0 spiro atoms. The van der Waals surface area contributed by atoms with Crippen LogP contribution in [0.2, 0.25) is 0 Å². The lowest BCUT2D eigenvalue weighted by atomic mass is 10.0. The number of hydrogen-bond donors (Lipinski definition) is 1. The zero-order valence-corrected chi connectivity index (χ0v) is 15.8. The number of esters is 1. The second-order valence-electron chi connectivity index (χ2n) is 6.44. The molecule has 0 aliphatic rings. The topological polar surface area (TPSA) is 55.6 Å². The van der Waals surface area contributed by atoms with Crippen LogP contribution in [0.4, 0.5) is 18.9 Å². The first-order chi connectivity index (χ1) is 13.7. The molecular weight excluding hydrogens is 383 g/mol. The van der Waals surface area contributed by atoms with Crippen LogP contribution in [-0.2, 0) is 4.74 Å². The molecule has 3 rings (SSSR count). The number of nitrogens with zero attached hydrogens (tertiary/aromatic N) is 2. The lowest BCUT2D eigenvalue weighted by Gasteiger charge is -2.12. The summed E-state index contributed by atoms with van der Waals surface area (Å²) >= 11 is 0. The fourth-order valence-electron chi connectivity index (χ4n) is 3.01. The van der Waals surface area contributed by atoms with Gasteiger partial charge in [-0.2, -0.15) is 13.2 Å². The van der Waals surface area contributed by atoms with Crippen molar-refractivity contribution in [3.05, 3.63) is 53.3 Å². The van der Waals surface area contributed by atoms with Crippen LogP contribution in [0.3, 0.4) is 0 Å². The number of carbonyl (C=O) groups excluding carboxylic acids is 1. The van der Waals surface area contributed by atoms with Crippen molar-refractivity contribution in [2.45, 2.75) is 19.5 Å². The molecular formula is C21H18F3N3O2. The SMILES string of the molecule is C#Cc1cc(NCCC(F)(F)F)c2ncc(-c3ccc(C(=O)OC)c(C)c3)n2c1. The van der Waals surface area contributed by atoms with E-state index in [1.54, 1.807) is 41.9 Å². The molecule has 0 saturated heterocycles. The predicted octanol–water partition coefficient (Wildman–Crippen LogP) is 4.44. The first-order valence-electron chi connectivity index (χ1n) is 8.71. The fraction of sp³-hybridized carbons (Fsp3) is 0.238. The van der Waals surface area contributed by atoms with E-state index in [2.05, 4.69) is 16.2 Å². The first kappa shape index (κ1) is 20.3. The number of terminal acetylenes is 1. The molecule has 8 heteroatoms. The predicted molar refractivity (Wildman–Crippen MR) is 104 cm³/mol. The number of anilines is 1. The summed E-state index contributed by atoms with van der Waals surface area (Å²) in [5.74, 6) is 2.07. The van der Waals surface area contributed by atoms with Gasteiger partial charge in [-0.05, 0) is 30.7 Å². The largest absolute Gasteiger partial charge is 0.465 e. The molecule has 1 aromatic carbocycles. The maximum absolute atomic E-state index is 12.5. The Hall–Kier alpha value is -3.47. The molecule has 0 radical (unpaired) electrons. The van der Waals surface area contributed by atoms with Crippen LogP contribution in [0.15, 0.2) is 36.7 Å². The van der Waals surface area contributed by atoms with Gasteiger partial charge in [0.2, 0.25) is 0 Å². The summed E-state index contributed by atoms with van der Waals surface area (Å²) in [7, 11) is 1.31. The number of carbonyl (C=O) groups is 1. The number of aromatic nitrogens is 2. The molecule has 0 bridgehead atoms. The van der Waals surface area contributed by atoms with Crippen molar-refractivity contribution in [2.24, 2.45) is 0 Å². The summed E-state index contributed by atoms with van der Waals surface area (Å²) in [5, 5.41) is 2.77. The zero-order valence-electron chi connectivity index (χ0n) is 15.8. The highest BCUT2D eigenvalue weighted by molar-refractivity contribution is 5.91. The first-order valence-corrected chi connectivity index (χ1v) is 8.71. The van der Waals surface area contributed by atoms with E-state index in [0.29, 0.717) is 28.2 Å². The van der Waals surface area contributed by atoms with Crippen LogP contribution in [0.5, 0.6) is 0 Å². The number of hydrogen-bond acceptors (Lipinski definition) is 4. The summed E-state index contributed by atoms with van der Waals surface area (Å²) in [5.41, 5.74) is 4.00. The second kappa shape index (κ2) is 7.87. The van der Waals surface area contributed by atoms with Gasteiger partial charge in [0.05, 0.1) is 36.7 Å². The van der Waals surface area contributed by atoms with Crippen LogP contribution in [0, 0.1) is 19.3 Å². The Balaban J connectivity index is 2.02. The van der Waals surface area contributed by atoms with Crippen LogP contribution in [0.1, 0.15) is 27.9 Å². The third-order valence-electron chi connectivity index (χ3n) is 4.42. The molecule has 0 fully saturated rings. The summed E-state index contributed by atoms with van der Waals surface area (Å²) in [6, 6.07) is 6.81. The van der Waals surface area contributed by atoms with E-state index in [4.69, 9.17) is 11.2 Å². The molecule has 5 nitrogen and oxygen atoms in total. The smallest absolute Gasteiger partial charge is 0.390 e. The van der Waals surface area contributed by atoms with E-state index in [-0.39, 0.29) is 6.54 Å². The number of benzene rings is 1. The van der Waals surface area contributed by atoms with Crippen molar-refractivity contribution >= 4 is 17.3 Å². The summed E-state index contributed by atoms with van der Waals surface area (Å²) < 4.78 is 43.9. The Morgan fingerprint density at radius 1 is 1.34 bits per heavy atom. The van der Waals surface area contributed by atoms with Crippen molar-refractivity contribution in [2.75, 3.05) is 19.0 Å². The molecule has 3 aromatic rings. The minimum absolute atomic E-state index is 0.289. The number of halogens is 3. The third-order valence-corrected chi connectivity index (χ3v) is 4.42. The number of nitrogens with one attached hydrogen (secondary N) is 1. The molecule has 2 heterocycles. The molecule has 0 aliphatic carbocycles. The number of aryl methyl sites for hydroxylation is 1. The number of fused-ring (bicyclic) bond motifs is 1. The van der Waals surface area contributed by atoms with Crippen molar-refractivity contribution in [1.82, 2.24) is 9.38 Å². The highest BCUT2D eigenvalue weighted by atomic mass is 19.4. The minimum Gasteiger partial charge on any atom is -0.465 e. The van der Waals surface area contributed by atoms with Gasteiger partial charge in [0.15, 0.2) is 5.65 Å². The third kappa shape index (κ3) is 4.35. The number of imidazole rings is 1. The molecule has 0 unspecified atom stereocenters. The number of pyridine rings is 1. The summed E-state index contributed by atoms with van der Waals surface area (Å²) in [6.45, 7) is 1.50. The Kier molecular flexibility index (Phi) is 5.50. The summed E-state index contributed by atoms with van der Waals surface area (Å²) in [4.78, 5) is 16.1. The van der Waals surface area contributed by atoms with E-state index in [0.717, 1.165) is 11.1 Å². The van der Waals surface area contributed by atoms with Gasteiger partial charge in [0.25, 0.3) is 0 Å². The van der Waals surface area contributed by atoms with Gasteiger partial charge in [0.1, 0.15) is 0 Å². The van der Waals surface area contributed by atoms with Crippen molar-refractivity contribution < 1.29 is 22.7 Å². The zero-order chi connectivity index (χ0) is 21.2. The maximum Gasteiger partial charge on any atom is 0.390 e. The Morgan fingerprint density at radius 2 is 2.10 bits per heavy atom. The van der Waals surface area contributed by atoms with Crippen molar-refractivity contribution in [3.63, 3.8) is 0 Å². The van der Waals surface area contributed by atoms with Gasteiger partial charge >= 0.3 is 12.1 Å². The quantitative estimate of drug-likeness (QED) is 0.507. The molecule has 0 aliphatic heterocycles. The fourth-order valence-corrected chi connectivity index (χ4v) is 3.01. The summed E-state index contributed by atoms with van der Waals surface area (Å²) in [6.07, 6.45) is 3.59. The van der Waals surface area contributed by atoms with Crippen LogP contribution < -0.4 is 5.32 Å². The van der Waals surface area contributed by atoms with Gasteiger partial charge < -0.3 is 10.1 Å². The molecule has 150 valence electrons. The number of ether oxygens (including phenoxy) is 1. The lowest BCUT2D eigenvalue weighted by Crippen LogP contribution is -2.15. The Bertz CT molecular complexity index is 1110. The van der Waals surface area contributed by atoms with Gasteiger partial charge in [-0.3, -0.25) is 4.40 Å². The van der Waals surface area contributed by atoms with Crippen LogP contribution in [-0.4, -0.2) is 35.2 Å². The highest BCUT2D eigenvalue weighted by Gasteiger charge is 2.26. The van der Waals surface area contributed by atoms with Crippen molar-refractivity contribution in [1.29, 1.82) is 0 Å². The van der Waals surface area contributed by atoms with E-state index in [9.17, 15) is 18.0 Å². The average molecular weight is 401 g/mol. The monoisotopic (exact) mass is 401 g/mol. The molecule has 0 saturated carbocycles. The molecule has 0 atom stereocenters. The van der Waals surface area contributed by atoms with Gasteiger partial charge in [-0.1, -0.05) is 12.0 Å². The van der Waals surface area contributed by atoms with Gasteiger partial charge in [-0.25, -0.2) is 9.78 Å². The molecule has 0 amide bonds. The van der Waals surface area contributed by atoms with E-state index < -0.39 is 18.6 Å². The van der Waals surface area contributed by atoms with Crippen LogP contribution >= 0.6 is 0 Å². The maximum atomic E-state index is 12.5. The standard InChI is InChI=1S/C21H18F3N3O2/c1-4-14-10-17(25-8-7-21(22,23)24)19-26-11-18(27(19)12-14)15-5-6-16(13(2)9-15)20(28)29-3/h1,5-6,9-12,25H,7-8H2,2-3H3. The number of rotatable bonds is 5. The average Bonchev–Trinajstić information content (AvgIpc) is 3.10. The molecule has 29 heavy (non-hydrogen) atoms. The normalized spacial score (nSPS) is 11.3. The van der Waals surface area contributed by atoms with E-state index in [1.165, 1.54) is 7.11 Å². The van der Waals surface area contributed by atoms with E-state index in [1.807, 2.05) is 6.07 Å². The molecule has 2 aromatic heterocycles. The Labute approximate surface area is 165 Å². The Morgan fingerprint density at radius 3 is 2.72 bits per heavy atom. The number of methoxy groups -OCH3 is 1. The van der Waals surface area contributed by atoms with Gasteiger partial charge in [0, 0.05) is 23.9 Å². The van der Waals surface area contributed by atoms with Crippen molar-refractivity contribution in [3.8, 4) is 23.6 Å². The lowest BCUT2D eigenvalue weighted by molar-refractivity contribution is -0.131. The van der Waals surface area contributed by atoms with Crippen LogP contribution in [0.25, 0.3) is 16.9 Å². The highest BCUT2D eigenvalue weighted by Crippen LogP contribution is 2.28. The minimum atomic E-state index is -4.26. The molecule has 1 N–H and O–H groups in total. The van der Waals surface area contributed by atoms with Gasteiger partial charge in [-0.15, -0.1) is 6.42 Å². The number of alkyl halides is 3. The second-order valence-corrected chi connectivity index (χ2v) is 6.44. The van der Waals surface area contributed by atoms with E-state index >= 15 is 0 Å².